The number of H-pyrrole nitrogens is 1. The van der Waals surface area contributed by atoms with Crippen LogP contribution in [0, 0.1) is 13.8 Å². The number of aromatic amines is 1. The molecular formula is C21H29N3O3. The molecule has 2 N–H and O–H groups in total. The number of carbonyl (C=O) groups is 2. The third-order valence-electron chi connectivity index (χ3n) is 4.83. The minimum atomic E-state index is -0.441. The molecule has 0 radical (unpaired) electrons. The molecule has 0 unspecified atom stereocenters. The summed E-state index contributed by atoms with van der Waals surface area (Å²) < 4.78 is 4.78. The Labute approximate surface area is 160 Å². The smallest absolute Gasteiger partial charge is 0.339 e. The van der Waals surface area contributed by atoms with Gasteiger partial charge in [-0.1, -0.05) is 38.1 Å². The van der Waals surface area contributed by atoms with Gasteiger partial charge in [0.1, 0.15) is 5.69 Å². The summed E-state index contributed by atoms with van der Waals surface area (Å²) >= 11 is 0. The number of esters is 1. The second kappa shape index (κ2) is 9.37. The molecule has 0 fully saturated rings. The zero-order chi connectivity index (χ0) is 20.0. The fourth-order valence-electron chi connectivity index (χ4n) is 3.12. The van der Waals surface area contributed by atoms with Crippen molar-refractivity contribution in [2.75, 3.05) is 20.2 Å². The molecule has 27 heavy (non-hydrogen) atoms. The molecule has 0 saturated heterocycles. The number of aryl methyl sites for hydroxylation is 1. The van der Waals surface area contributed by atoms with E-state index in [4.69, 9.17) is 4.74 Å². The predicted molar refractivity (Wildman–Crippen MR) is 106 cm³/mol. The quantitative estimate of drug-likeness (QED) is 0.699. The predicted octanol–water partition coefficient (Wildman–Crippen LogP) is 3.19. The highest BCUT2D eigenvalue weighted by molar-refractivity contribution is 6.00. The van der Waals surface area contributed by atoms with Crippen LogP contribution in [0.25, 0.3) is 0 Å². The van der Waals surface area contributed by atoms with Crippen LogP contribution >= 0.6 is 0 Å². The van der Waals surface area contributed by atoms with Crippen LogP contribution in [0.5, 0.6) is 0 Å². The van der Waals surface area contributed by atoms with E-state index in [-0.39, 0.29) is 5.91 Å². The van der Waals surface area contributed by atoms with Crippen LogP contribution in [0.2, 0.25) is 0 Å². The molecule has 2 aromatic rings. The van der Waals surface area contributed by atoms with Gasteiger partial charge >= 0.3 is 5.97 Å². The average molecular weight is 371 g/mol. The molecule has 0 aliphatic heterocycles. The van der Waals surface area contributed by atoms with E-state index >= 15 is 0 Å². The van der Waals surface area contributed by atoms with Crippen molar-refractivity contribution < 1.29 is 14.3 Å². The van der Waals surface area contributed by atoms with Crippen molar-refractivity contribution in [2.45, 2.75) is 40.8 Å². The Morgan fingerprint density at radius 1 is 1.07 bits per heavy atom. The minimum Gasteiger partial charge on any atom is -0.465 e. The molecule has 0 saturated carbocycles. The highest BCUT2D eigenvalue weighted by atomic mass is 16.5. The van der Waals surface area contributed by atoms with Gasteiger partial charge in [0.2, 0.25) is 0 Å². The molecular weight excluding hydrogens is 342 g/mol. The van der Waals surface area contributed by atoms with Gasteiger partial charge in [-0.05, 0) is 43.6 Å². The van der Waals surface area contributed by atoms with Crippen LogP contribution in [-0.2, 0) is 17.8 Å². The lowest BCUT2D eigenvalue weighted by Gasteiger charge is -2.18. The molecule has 146 valence electrons. The van der Waals surface area contributed by atoms with E-state index in [1.54, 1.807) is 13.8 Å². The average Bonchev–Trinajstić information content (AvgIpc) is 2.98. The van der Waals surface area contributed by atoms with Gasteiger partial charge in [0.15, 0.2) is 0 Å². The molecule has 1 heterocycles. The molecule has 1 aromatic heterocycles. The fourth-order valence-corrected chi connectivity index (χ4v) is 3.12. The zero-order valence-electron chi connectivity index (χ0n) is 16.8. The second-order valence-corrected chi connectivity index (χ2v) is 6.58. The SMILES string of the molecule is CCN(CC)Cc1ccc(CNC(=O)c2[nH]c(C)c(C(=O)OC)c2C)cc1. The van der Waals surface area contributed by atoms with Gasteiger partial charge in [0.25, 0.3) is 5.91 Å². The van der Waals surface area contributed by atoms with Crippen molar-refractivity contribution in [3.63, 3.8) is 0 Å². The van der Waals surface area contributed by atoms with Gasteiger partial charge in [-0.25, -0.2) is 4.79 Å². The summed E-state index contributed by atoms with van der Waals surface area (Å²) in [6.45, 7) is 11.2. The van der Waals surface area contributed by atoms with Gasteiger partial charge in [0.05, 0.1) is 12.7 Å². The van der Waals surface area contributed by atoms with Crippen LogP contribution < -0.4 is 5.32 Å². The van der Waals surface area contributed by atoms with Crippen LogP contribution in [0.1, 0.15) is 57.1 Å². The van der Waals surface area contributed by atoms with E-state index in [1.807, 2.05) is 12.1 Å². The number of nitrogens with zero attached hydrogens (tertiary/aromatic N) is 1. The molecule has 6 heteroatoms. The van der Waals surface area contributed by atoms with Gasteiger partial charge in [-0.15, -0.1) is 0 Å². The van der Waals surface area contributed by atoms with E-state index in [0.717, 1.165) is 25.2 Å². The van der Waals surface area contributed by atoms with Crippen molar-refractivity contribution in [1.82, 2.24) is 15.2 Å². The number of nitrogens with one attached hydrogen (secondary N) is 2. The Balaban J connectivity index is 2.01. The summed E-state index contributed by atoms with van der Waals surface area (Å²) in [6, 6.07) is 8.26. The topological polar surface area (TPSA) is 74.4 Å². The molecule has 0 aliphatic rings. The van der Waals surface area contributed by atoms with Crippen molar-refractivity contribution >= 4 is 11.9 Å². The molecule has 1 aromatic carbocycles. The molecule has 2 rings (SSSR count). The Morgan fingerprint density at radius 2 is 1.67 bits per heavy atom. The van der Waals surface area contributed by atoms with E-state index in [9.17, 15) is 9.59 Å². The molecule has 0 atom stereocenters. The zero-order valence-corrected chi connectivity index (χ0v) is 16.8. The van der Waals surface area contributed by atoms with Gasteiger partial charge in [0, 0.05) is 18.8 Å². The van der Waals surface area contributed by atoms with Crippen molar-refractivity contribution in [3.05, 3.63) is 57.9 Å². The number of rotatable bonds is 8. The molecule has 0 aliphatic carbocycles. The Morgan fingerprint density at radius 3 is 2.22 bits per heavy atom. The Hall–Kier alpha value is -2.60. The van der Waals surface area contributed by atoms with E-state index in [0.29, 0.717) is 29.1 Å². The number of methoxy groups -OCH3 is 1. The summed E-state index contributed by atoms with van der Waals surface area (Å²) in [5, 5.41) is 2.90. The third kappa shape index (κ3) is 4.98. The maximum absolute atomic E-state index is 12.5. The maximum atomic E-state index is 12.5. The summed E-state index contributed by atoms with van der Waals surface area (Å²) in [4.78, 5) is 29.7. The number of carbonyl (C=O) groups excluding carboxylic acids is 2. The lowest BCUT2D eigenvalue weighted by Crippen LogP contribution is -2.24. The third-order valence-corrected chi connectivity index (χ3v) is 4.83. The molecule has 1 amide bonds. The maximum Gasteiger partial charge on any atom is 0.339 e. The van der Waals surface area contributed by atoms with Gasteiger partial charge in [-0.2, -0.15) is 0 Å². The van der Waals surface area contributed by atoms with Gasteiger partial charge in [-0.3, -0.25) is 9.69 Å². The van der Waals surface area contributed by atoms with Crippen LogP contribution in [0.4, 0.5) is 0 Å². The number of ether oxygens (including phenoxy) is 1. The second-order valence-electron chi connectivity index (χ2n) is 6.58. The summed E-state index contributed by atoms with van der Waals surface area (Å²) in [7, 11) is 1.33. The molecule has 6 nitrogen and oxygen atoms in total. The summed E-state index contributed by atoms with van der Waals surface area (Å²) in [6.07, 6.45) is 0. The number of hydrogen-bond donors (Lipinski definition) is 2. The van der Waals surface area contributed by atoms with E-state index < -0.39 is 5.97 Å². The van der Waals surface area contributed by atoms with Crippen LogP contribution in [-0.4, -0.2) is 42.0 Å². The number of amides is 1. The first-order valence-corrected chi connectivity index (χ1v) is 9.27. The van der Waals surface area contributed by atoms with Crippen LogP contribution in [0.3, 0.4) is 0 Å². The monoisotopic (exact) mass is 371 g/mol. The summed E-state index contributed by atoms with van der Waals surface area (Å²) in [5.41, 5.74) is 4.33. The Kier molecular flexibility index (Phi) is 7.19. The van der Waals surface area contributed by atoms with Crippen molar-refractivity contribution in [2.24, 2.45) is 0 Å². The van der Waals surface area contributed by atoms with Crippen LogP contribution in [0.15, 0.2) is 24.3 Å². The molecule has 0 spiro atoms. The first kappa shape index (κ1) is 20.7. The normalized spacial score (nSPS) is 10.9. The molecule has 0 bridgehead atoms. The largest absolute Gasteiger partial charge is 0.465 e. The minimum absolute atomic E-state index is 0.238. The van der Waals surface area contributed by atoms with Crippen molar-refractivity contribution in [1.29, 1.82) is 0 Å². The lowest BCUT2D eigenvalue weighted by atomic mass is 10.1. The lowest BCUT2D eigenvalue weighted by molar-refractivity contribution is 0.0599. The Bertz CT molecular complexity index is 790. The number of hydrogen-bond acceptors (Lipinski definition) is 4. The van der Waals surface area contributed by atoms with Gasteiger partial charge < -0.3 is 15.0 Å². The first-order chi connectivity index (χ1) is 12.9. The van der Waals surface area contributed by atoms with E-state index in [1.165, 1.54) is 12.7 Å². The first-order valence-electron chi connectivity index (χ1n) is 9.27. The summed E-state index contributed by atoms with van der Waals surface area (Å²) in [5.74, 6) is -0.679. The number of benzene rings is 1. The van der Waals surface area contributed by atoms with E-state index in [2.05, 4.69) is 41.2 Å². The highest BCUT2D eigenvalue weighted by Crippen LogP contribution is 2.19. The highest BCUT2D eigenvalue weighted by Gasteiger charge is 2.22. The number of aromatic nitrogens is 1. The van der Waals surface area contributed by atoms with Crippen molar-refractivity contribution in [3.8, 4) is 0 Å². The standard InChI is InChI=1S/C21H29N3O3/c1-6-24(7-2)13-17-10-8-16(9-11-17)12-22-20(25)19-14(3)18(15(4)23-19)21(26)27-5/h8-11,23H,6-7,12-13H2,1-5H3,(H,22,25). The fraction of sp³-hybridized carbons (Fsp3) is 0.429.